The number of amides is 1. The number of halogens is 1. The van der Waals surface area contributed by atoms with Crippen LogP contribution >= 0.6 is 22.9 Å². The molecule has 0 saturated carbocycles. The fourth-order valence-corrected chi connectivity index (χ4v) is 4.26. The van der Waals surface area contributed by atoms with Crippen LogP contribution in [0.2, 0.25) is 5.02 Å². The van der Waals surface area contributed by atoms with Crippen molar-refractivity contribution in [3.8, 4) is 0 Å². The number of hydrogen-bond donors (Lipinski definition) is 2. The first-order valence-electron chi connectivity index (χ1n) is 8.17. The molecule has 1 aromatic carbocycles. The molecule has 0 fully saturated rings. The number of hydrogen-bond acceptors (Lipinski definition) is 3. The van der Waals surface area contributed by atoms with Gasteiger partial charge in [-0.25, -0.2) is 0 Å². The summed E-state index contributed by atoms with van der Waals surface area (Å²) in [4.78, 5) is 14.6. The number of nitrogens with one attached hydrogen (secondary N) is 2. The van der Waals surface area contributed by atoms with Gasteiger partial charge < -0.3 is 0 Å². The summed E-state index contributed by atoms with van der Waals surface area (Å²) in [6.07, 6.45) is 5.29. The smallest absolute Gasteiger partial charge is 0.279 e. The molecule has 1 heterocycles. The minimum Gasteiger partial charge on any atom is -0.298 e. The number of carbonyl (C=O) groups is 1. The van der Waals surface area contributed by atoms with Crippen molar-refractivity contribution in [3.05, 3.63) is 62.3 Å². The lowest BCUT2D eigenvalue weighted by Crippen LogP contribution is -2.35. The first kappa shape index (κ1) is 17.1. The second-order valence-electron chi connectivity index (χ2n) is 6.20. The van der Waals surface area contributed by atoms with Gasteiger partial charge in [0.25, 0.3) is 5.91 Å². The fraction of sp³-hybridized carbons (Fsp3) is 0.316. The van der Waals surface area contributed by atoms with E-state index in [0.29, 0.717) is 10.9 Å². The summed E-state index contributed by atoms with van der Waals surface area (Å²) in [6.45, 7) is 4.19. The minimum atomic E-state index is -0.0940. The fourth-order valence-electron chi connectivity index (χ4n) is 2.97. The summed E-state index contributed by atoms with van der Waals surface area (Å²) in [5, 5.41) is 0.667. The van der Waals surface area contributed by atoms with E-state index < -0.39 is 0 Å². The van der Waals surface area contributed by atoms with E-state index in [1.165, 1.54) is 16.9 Å². The van der Waals surface area contributed by atoms with Crippen molar-refractivity contribution in [2.75, 3.05) is 0 Å². The minimum absolute atomic E-state index is 0.0940. The number of allylic oxidation sites excluding steroid dienone is 1. The van der Waals surface area contributed by atoms with Crippen molar-refractivity contribution in [1.82, 2.24) is 10.9 Å². The number of thiophene rings is 1. The van der Waals surface area contributed by atoms with Gasteiger partial charge in [0.1, 0.15) is 0 Å². The Balaban J connectivity index is 1.67. The molecule has 0 spiro atoms. The van der Waals surface area contributed by atoms with Crippen molar-refractivity contribution in [2.45, 2.75) is 33.1 Å². The van der Waals surface area contributed by atoms with Gasteiger partial charge in [-0.1, -0.05) is 36.7 Å². The molecule has 1 aliphatic rings. The quantitative estimate of drug-likeness (QED) is 0.767. The third-order valence-electron chi connectivity index (χ3n) is 4.29. The summed E-state index contributed by atoms with van der Waals surface area (Å²) in [7, 11) is 0. The van der Waals surface area contributed by atoms with E-state index in [0.717, 1.165) is 29.0 Å². The summed E-state index contributed by atoms with van der Waals surface area (Å²) < 4.78 is 0. The average molecular weight is 361 g/mol. The summed E-state index contributed by atoms with van der Waals surface area (Å²) in [5.74, 6) is 0.613. The Kier molecular flexibility index (Phi) is 5.27. The van der Waals surface area contributed by atoms with Gasteiger partial charge in [-0.3, -0.25) is 15.6 Å². The highest BCUT2D eigenvalue weighted by Gasteiger charge is 2.20. The number of aryl methyl sites for hydroxylation is 1. The summed E-state index contributed by atoms with van der Waals surface area (Å²) in [6, 6.07) is 9.57. The van der Waals surface area contributed by atoms with Gasteiger partial charge in [0.2, 0.25) is 0 Å². The molecule has 126 valence electrons. The predicted molar refractivity (Wildman–Crippen MR) is 101 cm³/mol. The third-order valence-corrected chi connectivity index (χ3v) is 5.76. The summed E-state index contributed by atoms with van der Waals surface area (Å²) >= 11 is 7.64. The molecule has 2 N–H and O–H groups in total. The normalized spacial score (nSPS) is 17.3. The Morgan fingerprint density at radius 1 is 1.33 bits per heavy atom. The zero-order valence-electron chi connectivity index (χ0n) is 13.9. The number of benzene rings is 1. The van der Waals surface area contributed by atoms with Gasteiger partial charge in [-0.15, -0.1) is 11.3 Å². The number of hydrazine groups is 1. The maximum Gasteiger partial charge on any atom is 0.279 e. The second-order valence-corrected chi connectivity index (χ2v) is 7.77. The van der Waals surface area contributed by atoms with Crippen LogP contribution in [0.4, 0.5) is 0 Å². The van der Waals surface area contributed by atoms with Crippen molar-refractivity contribution >= 4 is 34.5 Å². The Morgan fingerprint density at radius 2 is 2.17 bits per heavy atom. The van der Waals surface area contributed by atoms with Crippen molar-refractivity contribution in [3.63, 3.8) is 0 Å². The highest BCUT2D eigenvalue weighted by atomic mass is 35.5. The first-order chi connectivity index (χ1) is 11.6. The molecule has 3 nitrogen and oxygen atoms in total. The largest absolute Gasteiger partial charge is 0.298 e. The zero-order valence-corrected chi connectivity index (χ0v) is 15.4. The van der Waals surface area contributed by atoms with Crippen LogP contribution in [-0.4, -0.2) is 5.91 Å². The highest BCUT2D eigenvalue weighted by Crippen LogP contribution is 2.32. The monoisotopic (exact) mass is 360 g/mol. The molecule has 3 rings (SSSR count). The summed E-state index contributed by atoms with van der Waals surface area (Å²) in [5.41, 5.74) is 8.90. The van der Waals surface area contributed by atoms with Crippen LogP contribution in [0, 0.1) is 5.92 Å². The Labute approximate surface area is 151 Å². The number of rotatable bonds is 4. The van der Waals surface area contributed by atoms with E-state index in [1.54, 1.807) is 11.3 Å². The predicted octanol–water partition coefficient (Wildman–Crippen LogP) is 4.82. The number of fused-ring (bicyclic) bond motifs is 1. The lowest BCUT2D eigenvalue weighted by atomic mass is 9.90. The first-order valence-corrected chi connectivity index (χ1v) is 9.36. The maximum atomic E-state index is 12.4. The van der Waals surface area contributed by atoms with E-state index in [9.17, 15) is 4.79 Å². The molecule has 5 heteroatoms. The Morgan fingerprint density at radius 3 is 2.92 bits per heavy atom. The van der Waals surface area contributed by atoms with Crippen LogP contribution in [-0.2, 0) is 12.8 Å². The van der Waals surface area contributed by atoms with Gasteiger partial charge in [-0.2, -0.15) is 0 Å². The van der Waals surface area contributed by atoms with Crippen molar-refractivity contribution in [2.24, 2.45) is 5.92 Å². The van der Waals surface area contributed by atoms with Crippen LogP contribution in [0.15, 0.2) is 36.4 Å². The Hall–Kier alpha value is -1.78. The molecule has 0 bridgehead atoms. The van der Waals surface area contributed by atoms with Gasteiger partial charge in [0.15, 0.2) is 0 Å². The highest BCUT2D eigenvalue weighted by molar-refractivity contribution is 7.14. The molecule has 1 aliphatic carbocycles. The van der Waals surface area contributed by atoms with Crippen molar-refractivity contribution < 1.29 is 4.79 Å². The van der Waals surface area contributed by atoms with E-state index >= 15 is 0 Å². The topological polar surface area (TPSA) is 41.1 Å². The third kappa shape index (κ3) is 3.82. The van der Waals surface area contributed by atoms with E-state index in [4.69, 9.17) is 11.6 Å². The molecule has 1 atom stereocenters. The molecule has 0 unspecified atom stereocenters. The molecule has 1 aromatic heterocycles. The van der Waals surface area contributed by atoms with E-state index in [-0.39, 0.29) is 5.91 Å². The molecule has 0 radical (unpaired) electrons. The molecule has 2 aromatic rings. The average Bonchev–Trinajstić information content (AvgIpc) is 2.98. The van der Waals surface area contributed by atoms with Crippen molar-refractivity contribution in [1.29, 1.82) is 0 Å². The van der Waals surface area contributed by atoms with Crippen LogP contribution in [0.25, 0.3) is 5.70 Å². The molecule has 0 saturated heterocycles. The Bertz CT molecular complexity index is 781. The lowest BCUT2D eigenvalue weighted by molar-refractivity contribution is 0.0946. The lowest BCUT2D eigenvalue weighted by Gasteiger charge is -2.16. The van der Waals surface area contributed by atoms with Crippen LogP contribution in [0.5, 0.6) is 0 Å². The van der Waals surface area contributed by atoms with Crippen LogP contribution < -0.4 is 10.9 Å². The van der Waals surface area contributed by atoms with E-state index in [1.807, 2.05) is 43.3 Å². The van der Waals surface area contributed by atoms with E-state index in [2.05, 4.69) is 17.8 Å². The second kappa shape index (κ2) is 7.41. The maximum absolute atomic E-state index is 12.4. The molecular formula is C19H21ClN2OS. The molecular weight excluding hydrogens is 340 g/mol. The molecule has 1 amide bonds. The SMILES string of the molecule is C/C=C(\NNC(=O)c1cc2c(s1)CC[C@H](C)C2)c1cccc(Cl)c1. The molecule has 0 aliphatic heterocycles. The standard InChI is InChI=1S/C19H21ClN2OS/c1-3-16(13-5-4-6-15(20)10-13)21-22-19(23)18-11-14-9-12(2)7-8-17(14)24-18/h3-6,10-12,21H,7-9H2,1-2H3,(H,22,23)/b16-3-/t12-/m0/s1. The van der Waals surface area contributed by atoms with Crippen LogP contribution in [0.3, 0.4) is 0 Å². The zero-order chi connectivity index (χ0) is 17.1. The molecule has 24 heavy (non-hydrogen) atoms. The van der Waals surface area contributed by atoms with Gasteiger partial charge in [0, 0.05) is 15.5 Å². The van der Waals surface area contributed by atoms with Crippen LogP contribution in [0.1, 0.15) is 45.9 Å². The van der Waals surface area contributed by atoms with Gasteiger partial charge >= 0.3 is 0 Å². The number of carbonyl (C=O) groups excluding carboxylic acids is 1. The van der Waals surface area contributed by atoms with Gasteiger partial charge in [0.05, 0.1) is 10.6 Å². The van der Waals surface area contributed by atoms with Gasteiger partial charge in [-0.05, 0) is 55.9 Å².